The second kappa shape index (κ2) is 6.89. The van der Waals surface area contributed by atoms with E-state index in [2.05, 4.69) is 5.32 Å². The van der Waals surface area contributed by atoms with Crippen LogP contribution in [0.25, 0.3) is 0 Å². The van der Waals surface area contributed by atoms with Gasteiger partial charge in [-0.2, -0.15) is 0 Å². The van der Waals surface area contributed by atoms with Gasteiger partial charge in [0.05, 0.1) is 5.69 Å². The Hall–Kier alpha value is -1.62. The lowest BCUT2D eigenvalue weighted by Gasteiger charge is -2.35. The van der Waals surface area contributed by atoms with Gasteiger partial charge in [-0.3, -0.25) is 4.79 Å². The van der Waals surface area contributed by atoms with Crippen LogP contribution in [0, 0.1) is 5.82 Å². The second-order valence-corrected chi connectivity index (χ2v) is 5.92. The van der Waals surface area contributed by atoms with Gasteiger partial charge in [0.2, 0.25) is 5.91 Å². The fourth-order valence-electron chi connectivity index (χ4n) is 2.80. The number of nitrogens with two attached hydrogens (primary N) is 1. The Labute approximate surface area is 125 Å². The fraction of sp³-hybridized carbons (Fsp3) is 0.562. The Bertz CT molecular complexity index is 498. The van der Waals surface area contributed by atoms with E-state index in [1.165, 1.54) is 18.9 Å². The molecule has 1 saturated heterocycles. The second-order valence-electron chi connectivity index (χ2n) is 5.92. The first-order valence-electron chi connectivity index (χ1n) is 7.58. The number of primary amides is 1. The topological polar surface area (TPSA) is 58.4 Å². The number of benzene rings is 1. The summed E-state index contributed by atoms with van der Waals surface area (Å²) in [5, 5.41) is 3.49. The molecule has 1 heterocycles. The highest BCUT2D eigenvalue weighted by atomic mass is 19.1. The Morgan fingerprint density at radius 3 is 2.76 bits per heavy atom. The minimum absolute atomic E-state index is 0.183. The molecule has 4 nitrogen and oxygen atoms in total. The summed E-state index contributed by atoms with van der Waals surface area (Å²) < 4.78 is 14.3. The standard InChI is InChI=1S/C16H24FN3O/c1-11(2)20(10-13-5-3-4-8-19-13)15-7-6-12(16(18)21)9-14(15)17/h6-7,9,11,13,19H,3-5,8,10H2,1-2H3,(H2,18,21). The van der Waals surface area contributed by atoms with E-state index in [0.29, 0.717) is 11.7 Å². The summed E-state index contributed by atoms with van der Waals surface area (Å²) in [6.45, 7) is 5.89. The molecule has 5 heteroatoms. The van der Waals surface area contributed by atoms with E-state index in [0.717, 1.165) is 19.5 Å². The number of hydrogen-bond acceptors (Lipinski definition) is 3. The van der Waals surface area contributed by atoms with Crippen LogP contribution in [0.15, 0.2) is 18.2 Å². The molecule has 3 N–H and O–H groups in total. The van der Waals surface area contributed by atoms with E-state index in [-0.39, 0.29) is 11.6 Å². The molecule has 0 radical (unpaired) electrons. The normalized spacial score (nSPS) is 18.8. The minimum atomic E-state index is -0.606. The first-order valence-corrected chi connectivity index (χ1v) is 7.58. The average molecular weight is 293 g/mol. The molecule has 1 amide bonds. The molecule has 0 saturated carbocycles. The van der Waals surface area contributed by atoms with Crippen LogP contribution in [0.4, 0.5) is 10.1 Å². The quantitative estimate of drug-likeness (QED) is 0.875. The number of hydrogen-bond donors (Lipinski definition) is 2. The molecular formula is C16H24FN3O. The van der Waals surface area contributed by atoms with Gasteiger partial charge in [0.25, 0.3) is 0 Å². The summed E-state index contributed by atoms with van der Waals surface area (Å²) in [4.78, 5) is 13.2. The monoisotopic (exact) mass is 293 g/mol. The predicted octanol–water partition coefficient (Wildman–Crippen LogP) is 2.28. The maximum atomic E-state index is 14.3. The van der Waals surface area contributed by atoms with Gasteiger partial charge < -0.3 is 16.0 Å². The smallest absolute Gasteiger partial charge is 0.248 e. The van der Waals surface area contributed by atoms with Crippen LogP contribution in [-0.4, -0.2) is 31.1 Å². The fourth-order valence-corrected chi connectivity index (χ4v) is 2.80. The zero-order valence-corrected chi connectivity index (χ0v) is 12.7. The van der Waals surface area contributed by atoms with E-state index in [9.17, 15) is 9.18 Å². The number of piperidine rings is 1. The lowest BCUT2D eigenvalue weighted by Crippen LogP contribution is -2.46. The third-order valence-electron chi connectivity index (χ3n) is 3.99. The maximum Gasteiger partial charge on any atom is 0.248 e. The van der Waals surface area contributed by atoms with Gasteiger partial charge in [-0.15, -0.1) is 0 Å². The van der Waals surface area contributed by atoms with Crippen molar-refractivity contribution in [2.75, 3.05) is 18.0 Å². The lowest BCUT2D eigenvalue weighted by molar-refractivity contribution is 0.1000. The van der Waals surface area contributed by atoms with Crippen molar-refractivity contribution in [3.63, 3.8) is 0 Å². The predicted molar refractivity (Wildman–Crippen MR) is 83.0 cm³/mol. The molecule has 0 aromatic heterocycles. The molecule has 1 atom stereocenters. The largest absolute Gasteiger partial charge is 0.366 e. The summed E-state index contributed by atoms with van der Waals surface area (Å²) in [7, 11) is 0. The number of anilines is 1. The molecule has 0 bridgehead atoms. The van der Waals surface area contributed by atoms with Gasteiger partial charge in [0.1, 0.15) is 5.82 Å². The van der Waals surface area contributed by atoms with Crippen molar-refractivity contribution in [3.05, 3.63) is 29.6 Å². The average Bonchev–Trinajstić information content (AvgIpc) is 2.46. The van der Waals surface area contributed by atoms with Crippen molar-refractivity contribution in [1.29, 1.82) is 0 Å². The number of carbonyl (C=O) groups excluding carboxylic acids is 1. The highest BCUT2D eigenvalue weighted by Crippen LogP contribution is 2.24. The Morgan fingerprint density at radius 1 is 1.48 bits per heavy atom. The first kappa shape index (κ1) is 15.8. The van der Waals surface area contributed by atoms with Gasteiger partial charge in [-0.05, 0) is 51.4 Å². The van der Waals surface area contributed by atoms with E-state index in [1.54, 1.807) is 12.1 Å². The molecule has 1 aromatic carbocycles. The lowest BCUT2D eigenvalue weighted by atomic mass is 10.0. The molecule has 116 valence electrons. The molecule has 0 spiro atoms. The Kier molecular flexibility index (Phi) is 5.17. The van der Waals surface area contributed by atoms with Gasteiger partial charge in [0.15, 0.2) is 0 Å². The SMILES string of the molecule is CC(C)N(CC1CCCCN1)c1ccc(C(N)=O)cc1F. The molecule has 1 fully saturated rings. The molecule has 1 unspecified atom stereocenters. The van der Waals surface area contributed by atoms with Crippen molar-refractivity contribution in [3.8, 4) is 0 Å². The molecular weight excluding hydrogens is 269 g/mol. The van der Waals surface area contributed by atoms with Crippen molar-refractivity contribution in [2.45, 2.75) is 45.2 Å². The van der Waals surface area contributed by atoms with Crippen LogP contribution in [0.3, 0.4) is 0 Å². The summed E-state index contributed by atoms with van der Waals surface area (Å²) in [6.07, 6.45) is 3.54. The van der Waals surface area contributed by atoms with Crippen LogP contribution in [0.1, 0.15) is 43.5 Å². The maximum absolute atomic E-state index is 14.3. The van der Waals surface area contributed by atoms with E-state index in [1.807, 2.05) is 18.7 Å². The number of amides is 1. The van der Waals surface area contributed by atoms with Crippen molar-refractivity contribution >= 4 is 11.6 Å². The van der Waals surface area contributed by atoms with E-state index >= 15 is 0 Å². The van der Waals surface area contributed by atoms with Gasteiger partial charge in [-0.25, -0.2) is 4.39 Å². The Morgan fingerprint density at radius 2 is 2.24 bits per heavy atom. The number of rotatable bonds is 5. The molecule has 1 aromatic rings. The van der Waals surface area contributed by atoms with Gasteiger partial charge in [-0.1, -0.05) is 6.42 Å². The molecule has 2 rings (SSSR count). The van der Waals surface area contributed by atoms with Gasteiger partial charge in [0, 0.05) is 24.2 Å². The molecule has 0 aliphatic carbocycles. The number of nitrogens with zero attached hydrogens (tertiary/aromatic N) is 1. The molecule has 1 aliphatic rings. The number of halogens is 1. The summed E-state index contributed by atoms with van der Waals surface area (Å²) >= 11 is 0. The summed E-state index contributed by atoms with van der Waals surface area (Å²) in [5.74, 6) is -0.999. The minimum Gasteiger partial charge on any atom is -0.366 e. The summed E-state index contributed by atoms with van der Waals surface area (Å²) in [5.41, 5.74) is 5.92. The van der Waals surface area contributed by atoms with Crippen LogP contribution in [-0.2, 0) is 0 Å². The van der Waals surface area contributed by atoms with Gasteiger partial charge >= 0.3 is 0 Å². The third-order valence-corrected chi connectivity index (χ3v) is 3.99. The Balaban J connectivity index is 2.19. The number of carbonyl (C=O) groups is 1. The van der Waals surface area contributed by atoms with Crippen molar-refractivity contribution in [2.24, 2.45) is 5.73 Å². The number of nitrogens with one attached hydrogen (secondary N) is 1. The zero-order valence-electron chi connectivity index (χ0n) is 12.7. The van der Waals surface area contributed by atoms with E-state index in [4.69, 9.17) is 5.73 Å². The van der Waals surface area contributed by atoms with Crippen LogP contribution >= 0.6 is 0 Å². The zero-order chi connectivity index (χ0) is 15.4. The van der Waals surface area contributed by atoms with Crippen molar-refractivity contribution in [1.82, 2.24) is 5.32 Å². The first-order chi connectivity index (χ1) is 9.99. The molecule has 21 heavy (non-hydrogen) atoms. The summed E-state index contributed by atoms with van der Waals surface area (Å²) in [6, 6.07) is 5.03. The highest BCUT2D eigenvalue weighted by molar-refractivity contribution is 5.93. The van der Waals surface area contributed by atoms with Crippen LogP contribution in [0.2, 0.25) is 0 Å². The third kappa shape index (κ3) is 3.94. The van der Waals surface area contributed by atoms with Crippen LogP contribution in [0.5, 0.6) is 0 Å². The molecule has 1 aliphatic heterocycles. The van der Waals surface area contributed by atoms with Crippen molar-refractivity contribution < 1.29 is 9.18 Å². The highest BCUT2D eigenvalue weighted by Gasteiger charge is 2.21. The van der Waals surface area contributed by atoms with E-state index < -0.39 is 11.7 Å². The van der Waals surface area contributed by atoms with Crippen LogP contribution < -0.4 is 16.0 Å².